The van der Waals surface area contributed by atoms with Crippen molar-refractivity contribution < 1.29 is 19.0 Å². The lowest BCUT2D eigenvalue weighted by Gasteiger charge is -2.15. The number of benzene rings is 2. The van der Waals surface area contributed by atoms with Crippen LogP contribution in [0.4, 0.5) is 4.79 Å². The first-order chi connectivity index (χ1) is 16.6. The summed E-state index contributed by atoms with van der Waals surface area (Å²) in [6.07, 6.45) is 4.10. The fraction of sp³-hybridized carbons (Fsp3) is 0.407. The second kappa shape index (κ2) is 13.0. The van der Waals surface area contributed by atoms with Crippen LogP contribution in [0.1, 0.15) is 45.1 Å². The van der Waals surface area contributed by atoms with Crippen molar-refractivity contribution in [3.63, 3.8) is 0 Å². The lowest BCUT2D eigenvalue weighted by atomic mass is 10.0. The SMILES string of the molecule is CCCCC(CC)COC(=O)NCc1ccc(-c2nc(-c3ccc(OC)c(OC)c3)cs2)cc1. The lowest BCUT2D eigenvalue weighted by molar-refractivity contribution is 0.122. The fourth-order valence-corrected chi connectivity index (χ4v) is 4.45. The van der Waals surface area contributed by atoms with Gasteiger partial charge in [-0.1, -0.05) is 57.4 Å². The Morgan fingerprint density at radius 2 is 1.76 bits per heavy atom. The Hall–Kier alpha value is -3.06. The van der Waals surface area contributed by atoms with E-state index in [1.54, 1.807) is 25.6 Å². The highest BCUT2D eigenvalue weighted by Gasteiger charge is 2.12. The second-order valence-corrected chi connectivity index (χ2v) is 9.03. The third-order valence-electron chi connectivity index (χ3n) is 5.81. The number of carbonyl (C=O) groups excluding carboxylic acids is 1. The van der Waals surface area contributed by atoms with Gasteiger partial charge in [0, 0.05) is 23.1 Å². The summed E-state index contributed by atoms with van der Waals surface area (Å²) in [5, 5.41) is 5.81. The summed E-state index contributed by atoms with van der Waals surface area (Å²) >= 11 is 1.59. The zero-order valence-electron chi connectivity index (χ0n) is 20.4. The van der Waals surface area contributed by atoms with E-state index in [1.807, 2.05) is 47.8 Å². The van der Waals surface area contributed by atoms with Crippen molar-refractivity contribution in [2.45, 2.75) is 46.1 Å². The number of aromatic nitrogens is 1. The van der Waals surface area contributed by atoms with E-state index in [4.69, 9.17) is 19.2 Å². The monoisotopic (exact) mass is 482 g/mol. The third-order valence-corrected chi connectivity index (χ3v) is 6.71. The molecule has 3 rings (SSSR count). The van der Waals surface area contributed by atoms with Crippen molar-refractivity contribution in [1.29, 1.82) is 0 Å². The number of nitrogens with one attached hydrogen (secondary N) is 1. The van der Waals surface area contributed by atoms with Crippen LogP contribution in [0.3, 0.4) is 0 Å². The van der Waals surface area contributed by atoms with E-state index in [9.17, 15) is 4.79 Å². The molecule has 1 heterocycles. The largest absolute Gasteiger partial charge is 0.493 e. The summed E-state index contributed by atoms with van der Waals surface area (Å²) in [6, 6.07) is 13.8. The van der Waals surface area contributed by atoms with Crippen LogP contribution >= 0.6 is 11.3 Å². The first-order valence-electron chi connectivity index (χ1n) is 11.8. The van der Waals surface area contributed by atoms with Crippen LogP contribution in [0, 0.1) is 5.92 Å². The van der Waals surface area contributed by atoms with Gasteiger partial charge in [0.1, 0.15) is 5.01 Å². The van der Waals surface area contributed by atoms with Crippen LogP contribution in [0.25, 0.3) is 21.8 Å². The maximum atomic E-state index is 12.1. The number of ether oxygens (including phenoxy) is 3. The van der Waals surface area contributed by atoms with Gasteiger partial charge in [0.25, 0.3) is 0 Å². The Morgan fingerprint density at radius 3 is 2.44 bits per heavy atom. The average molecular weight is 483 g/mol. The minimum absolute atomic E-state index is 0.362. The van der Waals surface area contributed by atoms with Gasteiger partial charge < -0.3 is 19.5 Å². The first-order valence-corrected chi connectivity index (χ1v) is 12.6. The molecule has 0 spiro atoms. The fourth-order valence-electron chi connectivity index (χ4n) is 3.62. The lowest BCUT2D eigenvalue weighted by Crippen LogP contribution is -2.26. The van der Waals surface area contributed by atoms with Gasteiger partial charge in [0.2, 0.25) is 0 Å². The Morgan fingerprint density at radius 1 is 1.03 bits per heavy atom. The van der Waals surface area contributed by atoms with E-state index >= 15 is 0 Å². The summed E-state index contributed by atoms with van der Waals surface area (Å²) in [7, 11) is 3.25. The van der Waals surface area contributed by atoms with Gasteiger partial charge >= 0.3 is 6.09 Å². The molecule has 1 unspecified atom stereocenters. The molecule has 1 atom stereocenters. The third kappa shape index (κ3) is 6.97. The number of hydrogen-bond donors (Lipinski definition) is 1. The van der Waals surface area contributed by atoms with Crippen molar-refractivity contribution in [2.75, 3.05) is 20.8 Å². The topological polar surface area (TPSA) is 69.7 Å². The normalized spacial score (nSPS) is 11.6. The molecule has 0 saturated heterocycles. The highest BCUT2D eigenvalue weighted by Crippen LogP contribution is 2.34. The summed E-state index contributed by atoms with van der Waals surface area (Å²) in [5.41, 5.74) is 3.90. The number of methoxy groups -OCH3 is 2. The van der Waals surface area contributed by atoms with Crippen molar-refractivity contribution in [3.05, 3.63) is 53.4 Å². The molecule has 3 aromatic rings. The zero-order chi connectivity index (χ0) is 24.3. The zero-order valence-corrected chi connectivity index (χ0v) is 21.2. The molecule has 0 radical (unpaired) electrons. The summed E-state index contributed by atoms with van der Waals surface area (Å²) in [5.74, 6) is 1.81. The van der Waals surface area contributed by atoms with Gasteiger partial charge in [0.05, 0.1) is 26.5 Å². The number of hydrogen-bond acceptors (Lipinski definition) is 6. The smallest absolute Gasteiger partial charge is 0.407 e. The number of amides is 1. The van der Waals surface area contributed by atoms with E-state index in [0.29, 0.717) is 30.6 Å². The molecule has 1 N–H and O–H groups in total. The molecule has 0 bridgehead atoms. The quantitative estimate of drug-likeness (QED) is 0.303. The first kappa shape index (κ1) is 25.6. The predicted molar refractivity (Wildman–Crippen MR) is 138 cm³/mol. The van der Waals surface area contributed by atoms with E-state index < -0.39 is 0 Å². The van der Waals surface area contributed by atoms with Crippen molar-refractivity contribution in [1.82, 2.24) is 10.3 Å². The number of unbranched alkanes of at least 4 members (excludes halogenated alkanes) is 1. The van der Waals surface area contributed by atoms with Gasteiger partial charge in [-0.15, -0.1) is 11.3 Å². The minimum Gasteiger partial charge on any atom is -0.493 e. The number of rotatable bonds is 12. The Bertz CT molecular complexity index is 1050. The summed E-state index contributed by atoms with van der Waals surface area (Å²) in [6.45, 7) is 5.23. The van der Waals surface area contributed by atoms with Crippen LogP contribution in [0.15, 0.2) is 47.8 Å². The van der Waals surface area contributed by atoms with Gasteiger partial charge in [-0.2, -0.15) is 0 Å². The molecule has 1 amide bonds. The molecule has 0 aliphatic rings. The van der Waals surface area contributed by atoms with E-state index in [2.05, 4.69) is 19.2 Å². The van der Waals surface area contributed by atoms with E-state index in [0.717, 1.165) is 46.7 Å². The molecule has 7 heteroatoms. The number of carbonyl (C=O) groups is 1. The van der Waals surface area contributed by atoms with Crippen LogP contribution in [0.2, 0.25) is 0 Å². The minimum atomic E-state index is -0.362. The molecule has 182 valence electrons. The molecule has 6 nitrogen and oxygen atoms in total. The maximum Gasteiger partial charge on any atom is 0.407 e. The Balaban J connectivity index is 1.55. The molecular weight excluding hydrogens is 448 g/mol. The molecule has 2 aromatic carbocycles. The molecule has 0 aliphatic heterocycles. The number of thiazole rings is 1. The summed E-state index contributed by atoms with van der Waals surface area (Å²) in [4.78, 5) is 16.9. The van der Waals surface area contributed by atoms with Gasteiger partial charge in [0.15, 0.2) is 11.5 Å². The van der Waals surface area contributed by atoms with Crippen LogP contribution in [0.5, 0.6) is 11.5 Å². The second-order valence-electron chi connectivity index (χ2n) is 8.17. The molecule has 34 heavy (non-hydrogen) atoms. The van der Waals surface area contributed by atoms with E-state index in [-0.39, 0.29) is 6.09 Å². The van der Waals surface area contributed by atoms with Gasteiger partial charge in [-0.05, 0) is 36.1 Å². The number of nitrogens with zero attached hydrogens (tertiary/aromatic N) is 1. The van der Waals surface area contributed by atoms with Crippen LogP contribution in [-0.4, -0.2) is 31.9 Å². The highest BCUT2D eigenvalue weighted by atomic mass is 32.1. The maximum absolute atomic E-state index is 12.1. The van der Waals surface area contributed by atoms with Crippen LogP contribution in [-0.2, 0) is 11.3 Å². The highest BCUT2D eigenvalue weighted by molar-refractivity contribution is 7.13. The Kier molecular flexibility index (Phi) is 9.76. The molecule has 0 fully saturated rings. The molecule has 1 aromatic heterocycles. The molecular formula is C27H34N2O4S. The predicted octanol–water partition coefficient (Wildman–Crippen LogP) is 6.94. The van der Waals surface area contributed by atoms with Gasteiger partial charge in [-0.3, -0.25) is 0 Å². The van der Waals surface area contributed by atoms with Gasteiger partial charge in [-0.25, -0.2) is 9.78 Å². The molecule has 0 saturated carbocycles. The van der Waals surface area contributed by atoms with Crippen molar-refractivity contribution in [2.24, 2.45) is 5.92 Å². The van der Waals surface area contributed by atoms with E-state index in [1.165, 1.54) is 6.42 Å². The summed E-state index contributed by atoms with van der Waals surface area (Å²) < 4.78 is 16.1. The standard InChI is InChI=1S/C27H34N2O4S/c1-5-7-8-19(6-2)17-33-27(30)28-16-20-9-11-21(12-10-20)26-29-23(18-34-26)22-13-14-24(31-3)25(15-22)32-4/h9-15,18-19H,5-8,16-17H2,1-4H3,(H,28,30). The van der Waals surface area contributed by atoms with Crippen LogP contribution < -0.4 is 14.8 Å². The van der Waals surface area contributed by atoms with Crippen molar-refractivity contribution in [3.8, 4) is 33.3 Å². The van der Waals surface area contributed by atoms with Crippen molar-refractivity contribution >= 4 is 17.4 Å². The Labute approximate surface area is 206 Å². The number of alkyl carbamates (subject to hydrolysis) is 1. The molecule has 0 aliphatic carbocycles. The average Bonchev–Trinajstić information content (AvgIpc) is 3.38.